The lowest BCUT2D eigenvalue weighted by atomic mass is 10.1. The molecule has 1 aliphatic rings. The van der Waals surface area contributed by atoms with Crippen molar-refractivity contribution in [3.63, 3.8) is 0 Å². The van der Waals surface area contributed by atoms with Crippen LogP contribution < -0.4 is 5.32 Å². The highest BCUT2D eigenvalue weighted by molar-refractivity contribution is 7.11. The number of aromatic amines is 1. The van der Waals surface area contributed by atoms with Gasteiger partial charge in [0.05, 0.1) is 6.54 Å². The molecule has 20 heavy (non-hydrogen) atoms. The van der Waals surface area contributed by atoms with Crippen LogP contribution in [0.15, 0.2) is 12.1 Å². The van der Waals surface area contributed by atoms with E-state index in [9.17, 15) is 4.79 Å². The Labute approximate surface area is 122 Å². The maximum atomic E-state index is 12.5. The maximum Gasteiger partial charge on any atom is 0.274 e. The number of aryl methyl sites for hydroxylation is 1. The van der Waals surface area contributed by atoms with Gasteiger partial charge in [0, 0.05) is 47.6 Å². The van der Waals surface area contributed by atoms with Crippen LogP contribution in [0.5, 0.6) is 0 Å². The van der Waals surface area contributed by atoms with Crippen LogP contribution in [0.3, 0.4) is 0 Å². The van der Waals surface area contributed by atoms with Crippen LogP contribution in [0.2, 0.25) is 0 Å². The molecule has 106 valence electrons. The van der Waals surface area contributed by atoms with E-state index in [1.165, 1.54) is 9.75 Å². The van der Waals surface area contributed by atoms with Gasteiger partial charge in [0.2, 0.25) is 0 Å². The van der Waals surface area contributed by atoms with Gasteiger partial charge in [0.1, 0.15) is 0 Å². The molecule has 5 nitrogen and oxygen atoms in total. The van der Waals surface area contributed by atoms with E-state index in [0.717, 1.165) is 30.8 Å². The zero-order chi connectivity index (χ0) is 14.1. The number of thiophene rings is 1. The van der Waals surface area contributed by atoms with Crippen molar-refractivity contribution in [1.82, 2.24) is 20.4 Å². The van der Waals surface area contributed by atoms with Crippen LogP contribution in [0.1, 0.15) is 31.5 Å². The number of carbonyl (C=O) groups excluding carboxylic acids is 1. The van der Waals surface area contributed by atoms with Crippen molar-refractivity contribution in [2.45, 2.75) is 26.4 Å². The van der Waals surface area contributed by atoms with Crippen LogP contribution in [0.25, 0.3) is 0 Å². The minimum absolute atomic E-state index is 0.0164. The summed E-state index contributed by atoms with van der Waals surface area (Å²) in [5.41, 5.74) is 2.67. The minimum Gasteiger partial charge on any atom is -0.335 e. The molecule has 0 saturated carbocycles. The van der Waals surface area contributed by atoms with Gasteiger partial charge in [0.15, 0.2) is 5.69 Å². The molecule has 0 saturated heterocycles. The summed E-state index contributed by atoms with van der Waals surface area (Å²) in [4.78, 5) is 16.7. The fraction of sp³-hybridized carbons (Fsp3) is 0.429. The topological polar surface area (TPSA) is 61.0 Å². The van der Waals surface area contributed by atoms with Gasteiger partial charge in [-0.2, -0.15) is 5.10 Å². The molecule has 0 unspecified atom stereocenters. The summed E-state index contributed by atoms with van der Waals surface area (Å²) in [6.07, 6.45) is 0.906. The van der Waals surface area contributed by atoms with Crippen LogP contribution >= 0.6 is 11.3 Å². The van der Waals surface area contributed by atoms with Crippen molar-refractivity contribution in [3.05, 3.63) is 38.8 Å². The number of amides is 1. The van der Waals surface area contributed by atoms with Crippen molar-refractivity contribution < 1.29 is 4.79 Å². The highest BCUT2D eigenvalue weighted by atomic mass is 32.1. The third-order valence-electron chi connectivity index (χ3n) is 3.54. The van der Waals surface area contributed by atoms with E-state index >= 15 is 0 Å². The molecule has 0 aromatic carbocycles. The first-order valence-corrected chi connectivity index (χ1v) is 7.54. The first-order chi connectivity index (χ1) is 9.65. The number of aromatic nitrogens is 2. The molecule has 3 heterocycles. The third-order valence-corrected chi connectivity index (χ3v) is 4.53. The van der Waals surface area contributed by atoms with Crippen molar-refractivity contribution in [2.24, 2.45) is 0 Å². The highest BCUT2D eigenvalue weighted by Gasteiger charge is 2.24. The molecule has 2 aromatic heterocycles. The first-order valence-electron chi connectivity index (χ1n) is 6.73. The average molecular weight is 290 g/mol. The Morgan fingerprint density at radius 1 is 1.50 bits per heavy atom. The summed E-state index contributed by atoms with van der Waals surface area (Å²) >= 11 is 1.73. The molecule has 0 fully saturated rings. The Balaban J connectivity index is 1.76. The number of fused-ring (bicyclic) bond motifs is 1. The average Bonchev–Trinajstić information content (AvgIpc) is 3.04. The monoisotopic (exact) mass is 290 g/mol. The minimum atomic E-state index is -0.0164. The van der Waals surface area contributed by atoms with Gasteiger partial charge in [-0.3, -0.25) is 9.89 Å². The van der Waals surface area contributed by atoms with E-state index in [0.29, 0.717) is 12.2 Å². The van der Waals surface area contributed by atoms with E-state index in [-0.39, 0.29) is 5.91 Å². The second-order valence-electron chi connectivity index (χ2n) is 5.13. The highest BCUT2D eigenvalue weighted by Crippen LogP contribution is 2.20. The van der Waals surface area contributed by atoms with Gasteiger partial charge in [-0.1, -0.05) is 0 Å². The van der Waals surface area contributed by atoms with E-state index in [1.807, 2.05) is 7.05 Å². The summed E-state index contributed by atoms with van der Waals surface area (Å²) < 4.78 is 0. The van der Waals surface area contributed by atoms with Crippen LogP contribution in [-0.4, -0.2) is 34.6 Å². The van der Waals surface area contributed by atoms with E-state index in [1.54, 1.807) is 16.2 Å². The lowest BCUT2D eigenvalue weighted by molar-refractivity contribution is 0.0779. The summed E-state index contributed by atoms with van der Waals surface area (Å²) in [6.45, 7) is 4.37. The smallest absolute Gasteiger partial charge is 0.274 e. The molecule has 2 aromatic rings. The molecular formula is C14H18N4OS. The molecule has 0 radical (unpaired) electrons. The third kappa shape index (κ3) is 2.48. The Bertz CT molecular complexity index is 631. The van der Waals surface area contributed by atoms with Crippen molar-refractivity contribution in [1.29, 1.82) is 0 Å². The van der Waals surface area contributed by atoms with Gasteiger partial charge >= 0.3 is 0 Å². The number of nitrogens with zero attached hydrogens (tertiary/aromatic N) is 2. The second kappa shape index (κ2) is 5.38. The molecular weight excluding hydrogens is 272 g/mol. The van der Waals surface area contributed by atoms with Crippen molar-refractivity contribution >= 4 is 17.2 Å². The van der Waals surface area contributed by atoms with Crippen molar-refractivity contribution in [2.75, 3.05) is 13.6 Å². The zero-order valence-corrected chi connectivity index (χ0v) is 12.5. The fourth-order valence-electron chi connectivity index (χ4n) is 2.46. The molecule has 1 aliphatic heterocycles. The van der Waals surface area contributed by atoms with Crippen LogP contribution in [-0.2, 0) is 19.5 Å². The predicted octanol–water partition coefficient (Wildman–Crippen LogP) is 1.70. The molecule has 2 N–H and O–H groups in total. The summed E-state index contributed by atoms with van der Waals surface area (Å²) in [6, 6.07) is 4.16. The molecule has 6 heteroatoms. The summed E-state index contributed by atoms with van der Waals surface area (Å²) in [5.74, 6) is -0.0164. The molecule has 0 aliphatic carbocycles. The number of rotatable bonds is 3. The van der Waals surface area contributed by atoms with Gasteiger partial charge in [0.25, 0.3) is 5.91 Å². The zero-order valence-electron chi connectivity index (χ0n) is 11.7. The van der Waals surface area contributed by atoms with Crippen LogP contribution in [0.4, 0.5) is 0 Å². The standard InChI is InChI=1S/C14H18N4OS/c1-9-3-4-10(20-9)8-18(2)14(19)13-11-7-15-6-5-12(11)16-17-13/h3-4,15H,5-8H2,1-2H3,(H,16,17). The fourth-order valence-corrected chi connectivity index (χ4v) is 3.40. The van der Waals surface area contributed by atoms with E-state index in [4.69, 9.17) is 0 Å². The number of hydrogen-bond acceptors (Lipinski definition) is 4. The van der Waals surface area contributed by atoms with E-state index in [2.05, 4.69) is 34.6 Å². The Hall–Kier alpha value is -1.66. The first kappa shape index (κ1) is 13.3. The normalized spacial score (nSPS) is 14.1. The number of nitrogens with one attached hydrogen (secondary N) is 2. The van der Waals surface area contributed by atoms with Gasteiger partial charge < -0.3 is 10.2 Å². The number of carbonyl (C=O) groups is 1. The van der Waals surface area contributed by atoms with Gasteiger partial charge in [-0.25, -0.2) is 0 Å². The van der Waals surface area contributed by atoms with E-state index < -0.39 is 0 Å². The lowest BCUT2D eigenvalue weighted by Gasteiger charge is -2.17. The predicted molar refractivity (Wildman–Crippen MR) is 78.9 cm³/mol. The van der Waals surface area contributed by atoms with Gasteiger partial charge in [-0.15, -0.1) is 11.3 Å². The SMILES string of the molecule is Cc1ccc(CN(C)C(=O)c2n[nH]c3c2CNCC3)s1. The maximum absolute atomic E-state index is 12.5. The van der Waals surface area contributed by atoms with Crippen LogP contribution in [0, 0.1) is 6.92 Å². The Morgan fingerprint density at radius 2 is 2.35 bits per heavy atom. The molecule has 3 rings (SSSR count). The molecule has 0 atom stereocenters. The largest absolute Gasteiger partial charge is 0.335 e. The molecule has 0 spiro atoms. The Morgan fingerprint density at radius 3 is 3.10 bits per heavy atom. The summed E-state index contributed by atoms with van der Waals surface area (Å²) in [7, 11) is 1.83. The second-order valence-corrected chi connectivity index (χ2v) is 6.50. The molecule has 1 amide bonds. The number of H-pyrrole nitrogens is 1. The Kier molecular flexibility index (Phi) is 3.58. The summed E-state index contributed by atoms with van der Waals surface area (Å²) in [5, 5.41) is 10.5. The van der Waals surface area contributed by atoms with Crippen molar-refractivity contribution in [3.8, 4) is 0 Å². The quantitative estimate of drug-likeness (QED) is 0.904. The molecule has 0 bridgehead atoms. The lowest BCUT2D eigenvalue weighted by Crippen LogP contribution is -2.29. The van der Waals surface area contributed by atoms with Gasteiger partial charge in [-0.05, 0) is 19.1 Å². The number of hydrogen-bond donors (Lipinski definition) is 2.